The molecule has 0 bridgehead atoms. The van der Waals surface area contributed by atoms with Gasteiger partial charge < -0.3 is 16.0 Å². The van der Waals surface area contributed by atoms with Crippen LogP contribution in [0.5, 0.6) is 0 Å². The van der Waals surface area contributed by atoms with Crippen LogP contribution in [0.2, 0.25) is 0 Å². The standard InChI is InChI=1S/C24H33N3O2/c1-16(2)22(17-10-12-19(13-11-17)24(3,4)5)26-15-21(28)27-20-9-7-8-18(14-20)23(29)25-6/h7-14,16,22,26H,15H2,1-6H3,(H,25,29)(H,27,28)/p+1/t22-/m0/s1. The summed E-state index contributed by atoms with van der Waals surface area (Å²) in [4.78, 5) is 24.2. The fourth-order valence-corrected chi connectivity index (χ4v) is 3.33. The van der Waals surface area contributed by atoms with E-state index in [1.807, 2.05) is 0 Å². The summed E-state index contributed by atoms with van der Waals surface area (Å²) in [5, 5.41) is 7.55. The van der Waals surface area contributed by atoms with Gasteiger partial charge in [-0.1, -0.05) is 65.0 Å². The zero-order valence-electron chi connectivity index (χ0n) is 18.4. The van der Waals surface area contributed by atoms with Crippen LogP contribution in [-0.4, -0.2) is 25.4 Å². The van der Waals surface area contributed by atoms with Crippen LogP contribution in [-0.2, 0) is 10.2 Å². The number of carbonyl (C=O) groups is 2. The first-order valence-corrected chi connectivity index (χ1v) is 10.2. The minimum absolute atomic E-state index is 0.0870. The van der Waals surface area contributed by atoms with E-state index in [4.69, 9.17) is 0 Å². The molecule has 4 N–H and O–H groups in total. The summed E-state index contributed by atoms with van der Waals surface area (Å²) in [6.07, 6.45) is 0. The molecule has 0 aliphatic rings. The summed E-state index contributed by atoms with van der Waals surface area (Å²) in [6, 6.07) is 15.9. The number of nitrogens with one attached hydrogen (secondary N) is 2. The number of anilines is 1. The third-order valence-corrected chi connectivity index (χ3v) is 5.07. The highest BCUT2D eigenvalue weighted by atomic mass is 16.2. The maximum atomic E-state index is 12.5. The molecule has 5 heteroatoms. The van der Waals surface area contributed by atoms with Gasteiger partial charge in [0.15, 0.2) is 6.54 Å². The molecular formula is C24H34N3O2+. The normalized spacial score (nSPS) is 12.5. The highest BCUT2D eigenvalue weighted by molar-refractivity contribution is 5.97. The van der Waals surface area contributed by atoms with Crippen LogP contribution in [0, 0.1) is 5.92 Å². The minimum atomic E-state index is -0.175. The van der Waals surface area contributed by atoms with Crippen molar-refractivity contribution in [3.05, 3.63) is 65.2 Å². The summed E-state index contributed by atoms with van der Waals surface area (Å²) in [5.74, 6) is 0.127. The molecule has 0 aromatic heterocycles. The Morgan fingerprint density at radius 2 is 1.69 bits per heavy atom. The maximum Gasteiger partial charge on any atom is 0.279 e. The fourth-order valence-electron chi connectivity index (χ4n) is 3.33. The highest BCUT2D eigenvalue weighted by Gasteiger charge is 2.22. The van der Waals surface area contributed by atoms with Gasteiger partial charge in [-0.15, -0.1) is 0 Å². The van der Waals surface area contributed by atoms with Crippen molar-refractivity contribution >= 4 is 17.5 Å². The van der Waals surface area contributed by atoms with Crippen molar-refractivity contribution in [1.29, 1.82) is 0 Å². The molecule has 1 atom stereocenters. The lowest BCUT2D eigenvalue weighted by Crippen LogP contribution is -2.88. The van der Waals surface area contributed by atoms with E-state index in [0.717, 1.165) is 0 Å². The molecule has 0 saturated heterocycles. The highest BCUT2D eigenvalue weighted by Crippen LogP contribution is 2.25. The second-order valence-corrected chi connectivity index (χ2v) is 8.79. The first-order valence-electron chi connectivity index (χ1n) is 10.2. The van der Waals surface area contributed by atoms with Crippen molar-refractivity contribution in [2.45, 2.75) is 46.1 Å². The first kappa shape index (κ1) is 22.6. The third-order valence-electron chi connectivity index (χ3n) is 5.07. The van der Waals surface area contributed by atoms with E-state index in [0.29, 0.717) is 23.7 Å². The fraction of sp³-hybridized carbons (Fsp3) is 0.417. The van der Waals surface area contributed by atoms with Crippen LogP contribution in [0.1, 0.15) is 62.1 Å². The molecule has 2 rings (SSSR count). The zero-order chi connectivity index (χ0) is 21.6. The van der Waals surface area contributed by atoms with Gasteiger partial charge in [0.05, 0.1) is 0 Å². The van der Waals surface area contributed by atoms with E-state index in [9.17, 15) is 9.59 Å². The Morgan fingerprint density at radius 1 is 1.03 bits per heavy atom. The lowest BCUT2D eigenvalue weighted by Gasteiger charge is -2.22. The van der Waals surface area contributed by atoms with Crippen LogP contribution in [0.25, 0.3) is 0 Å². The molecule has 5 nitrogen and oxygen atoms in total. The Bertz CT molecular complexity index is 836. The predicted octanol–water partition coefficient (Wildman–Crippen LogP) is 3.24. The molecule has 0 unspecified atom stereocenters. The van der Waals surface area contributed by atoms with Crippen molar-refractivity contribution in [2.24, 2.45) is 5.92 Å². The van der Waals surface area contributed by atoms with Crippen LogP contribution in [0.4, 0.5) is 5.69 Å². The number of hydrogen-bond acceptors (Lipinski definition) is 2. The Kier molecular flexibility index (Phi) is 7.57. The minimum Gasteiger partial charge on any atom is -0.355 e. The summed E-state index contributed by atoms with van der Waals surface area (Å²) in [5.41, 5.74) is 3.80. The average molecular weight is 397 g/mol. The van der Waals surface area contributed by atoms with Crippen LogP contribution >= 0.6 is 0 Å². The van der Waals surface area contributed by atoms with Gasteiger partial charge in [-0.05, 0) is 29.2 Å². The van der Waals surface area contributed by atoms with E-state index in [1.165, 1.54) is 11.1 Å². The third kappa shape index (κ3) is 6.43. The van der Waals surface area contributed by atoms with E-state index in [2.05, 4.69) is 74.8 Å². The molecule has 29 heavy (non-hydrogen) atoms. The number of nitrogens with two attached hydrogens (primary N) is 1. The number of rotatable bonds is 7. The summed E-state index contributed by atoms with van der Waals surface area (Å²) < 4.78 is 0. The Labute approximate surface area is 174 Å². The number of carbonyl (C=O) groups excluding carboxylic acids is 2. The SMILES string of the molecule is CNC(=O)c1cccc(NC(=O)C[NH2+][C@H](c2ccc(C(C)(C)C)cc2)C(C)C)c1. The molecule has 0 saturated carbocycles. The topological polar surface area (TPSA) is 74.8 Å². The Hall–Kier alpha value is -2.66. The summed E-state index contributed by atoms with van der Waals surface area (Å²) in [6.45, 7) is 11.3. The quantitative estimate of drug-likeness (QED) is 0.672. The van der Waals surface area contributed by atoms with E-state index < -0.39 is 0 Å². The van der Waals surface area contributed by atoms with Gasteiger partial charge in [-0.25, -0.2) is 0 Å². The monoisotopic (exact) mass is 396 g/mol. The maximum absolute atomic E-state index is 12.5. The van der Waals surface area contributed by atoms with Gasteiger partial charge >= 0.3 is 0 Å². The van der Waals surface area contributed by atoms with Gasteiger partial charge in [0.25, 0.3) is 11.8 Å². The lowest BCUT2D eigenvalue weighted by molar-refractivity contribution is -0.692. The van der Waals surface area contributed by atoms with E-state index >= 15 is 0 Å². The van der Waals surface area contributed by atoms with Crippen molar-refractivity contribution in [1.82, 2.24) is 5.32 Å². The molecule has 0 heterocycles. The number of benzene rings is 2. The Balaban J connectivity index is 2.02. The average Bonchev–Trinajstić information content (AvgIpc) is 2.67. The molecule has 0 aliphatic heterocycles. The number of hydrogen-bond donors (Lipinski definition) is 3. The smallest absolute Gasteiger partial charge is 0.279 e. The number of amides is 2. The molecular weight excluding hydrogens is 362 g/mol. The van der Waals surface area contributed by atoms with Gasteiger partial charge in [0.2, 0.25) is 0 Å². The van der Waals surface area contributed by atoms with Gasteiger partial charge in [-0.2, -0.15) is 0 Å². The second kappa shape index (κ2) is 9.70. The zero-order valence-corrected chi connectivity index (χ0v) is 18.4. The first-order chi connectivity index (χ1) is 13.6. The van der Waals surface area contributed by atoms with E-state index in [-0.39, 0.29) is 23.3 Å². The second-order valence-electron chi connectivity index (χ2n) is 8.79. The largest absolute Gasteiger partial charge is 0.355 e. The molecule has 0 spiro atoms. The lowest BCUT2D eigenvalue weighted by atomic mass is 9.85. The summed E-state index contributed by atoms with van der Waals surface area (Å²) >= 11 is 0. The van der Waals surface area contributed by atoms with Crippen molar-refractivity contribution in [3.63, 3.8) is 0 Å². The van der Waals surface area contributed by atoms with Crippen molar-refractivity contribution in [3.8, 4) is 0 Å². The van der Waals surface area contributed by atoms with Crippen LogP contribution in [0.15, 0.2) is 48.5 Å². The molecule has 0 aliphatic carbocycles. The van der Waals surface area contributed by atoms with Gasteiger partial charge in [0, 0.05) is 29.8 Å². The summed E-state index contributed by atoms with van der Waals surface area (Å²) in [7, 11) is 1.59. The van der Waals surface area contributed by atoms with Gasteiger partial charge in [0.1, 0.15) is 6.04 Å². The van der Waals surface area contributed by atoms with Crippen molar-refractivity contribution < 1.29 is 14.9 Å². The predicted molar refractivity (Wildman–Crippen MR) is 118 cm³/mol. The number of quaternary nitrogens is 1. The van der Waals surface area contributed by atoms with Crippen LogP contribution < -0.4 is 16.0 Å². The Morgan fingerprint density at radius 3 is 2.24 bits per heavy atom. The van der Waals surface area contributed by atoms with E-state index in [1.54, 1.807) is 31.3 Å². The molecule has 2 amide bonds. The molecule has 0 radical (unpaired) electrons. The van der Waals surface area contributed by atoms with Crippen molar-refractivity contribution in [2.75, 3.05) is 18.9 Å². The molecule has 2 aromatic carbocycles. The molecule has 156 valence electrons. The molecule has 2 aromatic rings. The molecule has 0 fully saturated rings. The van der Waals surface area contributed by atoms with Crippen LogP contribution in [0.3, 0.4) is 0 Å². The van der Waals surface area contributed by atoms with Gasteiger partial charge in [-0.3, -0.25) is 9.59 Å².